The fourth-order valence-corrected chi connectivity index (χ4v) is 5.46. The Morgan fingerprint density at radius 2 is 2.16 bits per heavy atom. The molecule has 2 aliphatic rings. The Balaban J connectivity index is 1.57. The van der Waals surface area contributed by atoms with Crippen molar-refractivity contribution in [1.29, 1.82) is 0 Å². The van der Waals surface area contributed by atoms with Crippen molar-refractivity contribution in [3.05, 3.63) is 11.7 Å². The van der Waals surface area contributed by atoms with Crippen molar-refractivity contribution in [3.63, 3.8) is 0 Å². The average molecular weight is 299 g/mol. The smallest absolute Gasteiger partial charge is 0.228 e. The molecule has 2 heterocycles. The molecule has 3 rings (SSSR count). The molecule has 2 atom stereocenters. The van der Waals surface area contributed by atoms with Crippen molar-refractivity contribution in [2.75, 3.05) is 17.3 Å². The number of hydrogen-bond acceptors (Lipinski definition) is 6. The number of thioether (sulfide) groups is 2. The normalized spacial score (nSPS) is 26.7. The van der Waals surface area contributed by atoms with E-state index in [0.29, 0.717) is 11.2 Å². The van der Waals surface area contributed by atoms with Gasteiger partial charge in [0.25, 0.3) is 0 Å². The van der Waals surface area contributed by atoms with Crippen LogP contribution in [0.25, 0.3) is 0 Å². The molecular weight excluding hydrogens is 278 g/mol. The number of aromatic nitrogens is 2. The van der Waals surface area contributed by atoms with Gasteiger partial charge in [-0.15, -0.1) is 11.8 Å². The lowest BCUT2D eigenvalue weighted by Gasteiger charge is -2.17. The monoisotopic (exact) mass is 299 g/mol. The Labute approximate surface area is 122 Å². The van der Waals surface area contributed by atoms with Gasteiger partial charge in [-0.05, 0) is 18.8 Å². The van der Waals surface area contributed by atoms with Gasteiger partial charge in [0.15, 0.2) is 5.82 Å². The second kappa shape index (κ2) is 6.50. The second-order valence-electron chi connectivity index (χ2n) is 5.39. The zero-order valence-corrected chi connectivity index (χ0v) is 12.7. The van der Waals surface area contributed by atoms with Crippen LogP contribution in [0.4, 0.5) is 0 Å². The maximum atomic E-state index is 6.26. The van der Waals surface area contributed by atoms with Crippen molar-refractivity contribution in [3.8, 4) is 0 Å². The Kier molecular flexibility index (Phi) is 4.71. The highest BCUT2D eigenvalue weighted by Gasteiger charge is 2.26. The van der Waals surface area contributed by atoms with Crippen LogP contribution in [0, 0.1) is 5.92 Å². The summed E-state index contributed by atoms with van der Waals surface area (Å²) in [6, 6.07) is 0.184. The van der Waals surface area contributed by atoms with Gasteiger partial charge in [-0.2, -0.15) is 16.7 Å². The molecule has 19 heavy (non-hydrogen) atoms. The van der Waals surface area contributed by atoms with E-state index in [-0.39, 0.29) is 6.04 Å². The number of hydrogen-bond donors (Lipinski definition) is 1. The molecule has 0 amide bonds. The first-order valence-corrected chi connectivity index (χ1v) is 9.30. The van der Waals surface area contributed by atoms with Crippen LogP contribution in [0.5, 0.6) is 0 Å². The van der Waals surface area contributed by atoms with Crippen molar-refractivity contribution in [2.24, 2.45) is 11.7 Å². The van der Waals surface area contributed by atoms with Gasteiger partial charge in [-0.3, -0.25) is 0 Å². The van der Waals surface area contributed by atoms with E-state index < -0.39 is 0 Å². The van der Waals surface area contributed by atoms with Crippen LogP contribution < -0.4 is 5.73 Å². The number of nitrogens with zero attached hydrogens (tertiary/aromatic N) is 2. The molecule has 0 spiro atoms. The lowest BCUT2D eigenvalue weighted by Crippen LogP contribution is -2.30. The predicted molar refractivity (Wildman–Crippen MR) is 80.5 cm³/mol. The summed E-state index contributed by atoms with van der Waals surface area (Å²) in [6.45, 7) is 0. The van der Waals surface area contributed by atoms with E-state index in [9.17, 15) is 0 Å². The summed E-state index contributed by atoms with van der Waals surface area (Å²) in [4.78, 5) is 4.55. The molecule has 1 aliphatic heterocycles. The number of nitrogens with two attached hydrogens (primary N) is 1. The Morgan fingerprint density at radius 1 is 1.32 bits per heavy atom. The molecule has 1 aliphatic carbocycles. The summed E-state index contributed by atoms with van der Waals surface area (Å²) in [7, 11) is 0. The summed E-state index contributed by atoms with van der Waals surface area (Å²) in [6.07, 6.45) is 5.91. The molecule has 1 saturated carbocycles. The Hall–Kier alpha value is -0.200. The van der Waals surface area contributed by atoms with Crippen LogP contribution >= 0.6 is 23.5 Å². The first-order valence-electron chi connectivity index (χ1n) is 7.10. The largest absolute Gasteiger partial charge is 0.339 e. The molecule has 2 unspecified atom stereocenters. The minimum absolute atomic E-state index is 0.184. The molecule has 106 valence electrons. The average Bonchev–Trinajstić information content (AvgIpc) is 3.11. The molecule has 0 bridgehead atoms. The fourth-order valence-electron chi connectivity index (χ4n) is 2.87. The fraction of sp³-hybridized carbons (Fsp3) is 0.846. The third-order valence-corrected chi connectivity index (χ3v) is 6.75. The third kappa shape index (κ3) is 3.47. The Morgan fingerprint density at radius 3 is 2.89 bits per heavy atom. The standard InChI is InChI=1S/C13H21N3OS2/c14-10(9-3-1-2-4-9)7-12-15-13(16-17-12)11-8-18-5-6-19-11/h9-11H,1-8,14H2. The first-order chi connectivity index (χ1) is 9.33. The quantitative estimate of drug-likeness (QED) is 0.922. The van der Waals surface area contributed by atoms with Gasteiger partial charge in [-0.25, -0.2) is 0 Å². The van der Waals surface area contributed by atoms with Crippen LogP contribution in [-0.4, -0.2) is 33.4 Å². The van der Waals surface area contributed by atoms with Gasteiger partial charge >= 0.3 is 0 Å². The molecule has 1 aromatic rings. The second-order valence-corrected chi connectivity index (χ2v) is 7.85. The summed E-state index contributed by atoms with van der Waals surface area (Å²) < 4.78 is 5.38. The van der Waals surface area contributed by atoms with E-state index in [4.69, 9.17) is 10.3 Å². The third-order valence-electron chi connectivity index (χ3n) is 4.00. The highest BCUT2D eigenvalue weighted by Crippen LogP contribution is 2.35. The lowest BCUT2D eigenvalue weighted by molar-refractivity contribution is 0.338. The van der Waals surface area contributed by atoms with Crippen molar-refractivity contribution < 1.29 is 4.52 Å². The van der Waals surface area contributed by atoms with Gasteiger partial charge < -0.3 is 10.3 Å². The molecule has 4 nitrogen and oxygen atoms in total. The molecule has 1 aromatic heterocycles. The van der Waals surface area contributed by atoms with Gasteiger partial charge in [0.1, 0.15) is 0 Å². The summed E-state index contributed by atoms with van der Waals surface area (Å²) in [5, 5.41) is 4.55. The highest BCUT2D eigenvalue weighted by atomic mass is 32.2. The molecule has 0 aromatic carbocycles. The van der Waals surface area contributed by atoms with E-state index in [1.165, 1.54) is 37.2 Å². The SMILES string of the molecule is NC(Cc1nc(C2CSCCS2)no1)C1CCCC1. The molecular formula is C13H21N3OS2. The lowest BCUT2D eigenvalue weighted by atomic mass is 9.96. The van der Waals surface area contributed by atoms with Crippen molar-refractivity contribution in [1.82, 2.24) is 10.1 Å². The van der Waals surface area contributed by atoms with Gasteiger partial charge in [0, 0.05) is 29.7 Å². The maximum Gasteiger partial charge on any atom is 0.228 e. The molecule has 6 heteroatoms. The zero-order chi connectivity index (χ0) is 13.1. The van der Waals surface area contributed by atoms with Gasteiger partial charge in [-0.1, -0.05) is 18.0 Å². The topological polar surface area (TPSA) is 64.9 Å². The van der Waals surface area contributed by atoms with Crippen LogP contribution in [0.3, 0.4) is 0 Å². The molecule has 2 fully saturated rings. The Bertz CT molecular complexity index is 400. The van der Waals surface area contributed by atoms with E-state index in [2.05, 4.69) is 10.1 Å². The minimum Gasteiger partial charge on any atom is -0.339 e. The summed E-state index contributed by atoms with van der Waals surface area (Å²) >= 11 is 3.91. The van der Waals surface area contributed by atoms with Crippen LogP contribution in [0.15, 0.2) is 4.52 Å². The zero-order valence-electron chi connectivity index (χ0n) is 11.1. The predicted octanol–water partition coefficient (Wildman–Crippen LogP) is 2.65. The van der Waals surface area contributed by atoms with Crippen molar-refractivity contribution in [2.45, 2.75) is 43.4 Å². The van der Waals surface area contributed by atoms with E-state index in [0.717, 1.165) is 23.9 Å². The highest BCUT2D eigenvalue weighted by molar-refractivity contribution is 8.06. The number of rotatable bonds is 4. The summed E-state index contributed by atoms with van der Waals surface area (Å²) in [5.74, 6) is 5.75. The summed E-state index contributed by atoms with van der Waals surface area (Å²) in [5.41, 5.74) is 6.26. The van der Waals surface area contributed by atoms with Crippen molar-refractivity contribution >= 4 is 23.5 Å². The maximum absolute atomic E-state index is 6.26. The van der Waals surface area contributed by atoms with E-state index >= 15 is 0 Å². The minimum atomic E-state index is 0.184. The van der Waals surface area contributed by atoms with Gasteiger partial charge in [0.05, 0.1) is 5.25 Å². The first kappa shape index (κ1) is 13.8. The van der Waals surface area contributed by atoms with Gasteiger partial charge in [0.2, 0.25) is 5.89 Å². The molecule has 0 radical (unpaired) electrons. The molecule has 2 N–H and O–H groups in total. The van der Waals surface area contributed by atoms with E-state index in [1.807, 2.05) is 23.5 Å². The van der Waals surface area contributed by atoms with Crippen LogP contribution in [0.2, 0.25) is 0 Å². The van der Waals surface area contributed by atoms with E-state index in [1.54, 1.807) is 0 Å². The molecule has 1 saturated heterocycles. The van der Waals surface area contributed by atoms with Crippen LogP contribution in [-0.2, 0) is 6.42 Å². The van der Waals surface area contributed by atoms with Crippen LogP contribution in [0.1, 0.15) is 42.6 Å².